The predicted molar refractivity (Wildman–Crippen MR) is 128 cm³/mol. The van der Waals surface area contributed by atoms with Gasteiger partial charge in [0.2, 0.25) is 5.91 Å². The Labute approximate surface area is 190 Å². The summed E-state index contributed by atoms with van der Waals surface area (Å²) in [7, 11) is 0. The maximum absolute atomic E-state index is 14.4. The number of rotatable bonds is 5. The van der Waals surface area contributed by atoms with E-state index < -0.39 is 0 Å². The lowest BCUT2D eigenvalue weighted by molar-refractivity contribution is -0.125. The smallest absolute Gasteiger partial charge is 0.224 e. The number of carbonyl (C=O) groups excluding carboxylic acids is 1. The number of fused-ring (bicyclic) bond motifs is 3. The van der Waals surface area contributed by atoms with E-state index in [4.69, 9.17) is 0 Å². The highest BCUT2D eigenvalue weighted by atomic mass is 32.1. The number of carbonyl (C=O) groups is 1. The largest absolute Gasteiger partial charge is 0.355 e. The Morgan fingerprint density at radius 3 is 2.91 bits per heavy atom. The Kier molecular flexibility index (Phi) is 5.74. The first-order valence-electron chi connectivity index (χ1n) is 11.0. The molecular weight excluding hydrogens is 423 g/mol. The summed E-state index contributed by atoms with van der Waals surface area (Å²) < 4.78 is 16.2. The summed E-state index contributed by atoms with van der Waals surface area (Å²) in [6.45, 7) is 4.18. The second-order valence-electron chi connectivity index (χ2n) is 8.43. The SMILES string of the molecule is CC(CNC(=O)C1CCCN(c2ncnc3c2sc2cccc(F)c23)C1)c1ccccc1. The summed E-state index contributed by atoms with van der Waals surface area (Å²) >= 11 is 1.51. The average molecular weight is 449 g/mol. The summed E-state index contributed by atoms with van der Waals surface area (Å²) in [6.07, 6.45) is 3.27. The van der Waals surface area contributed by atoms with Crippen LogP contribution in [0.15, 0.2) is 54.9 Å². The molecule has 1 fully saturated rings. The van der Waals surface area contributed by atoms with Crippen molar-refractivity contribution in [3.63, 3.8) is 0 Å². The number of halogens is 1. The second-order valence-corrected chi connectivity index (χ2v) is 9.48. The minimum absolute atomic E-state index is 0.0881. The summed E-state index contributed by atoms with van der Waals surface area (Å²) in [5, 5.41) is 3.70. The van der Waals surface area contributed by atoms with Gasteiger partial charge in [0.25, 0.3) is 0 Å². The van der Waals surface area contributed by atoms with Crippen LogP contribution in [-0.4, -0.2) is 35.5 Å². The molecule has 0 aliphatic carbocycles. The van der Waals surface area contributed by atoms with Crippen LogP contribution in [0.3, 0.4) is 0 Å². The van der Waals surface area contributed by atoms with Crippen molar-refractivity contribution in [3.05, 3.63) is 66.2 Å². The number of hydrogen-bond donors (Lipinski definition) is 1. The normalized spacial score (nSPS) is 17.6. The van der Waals surface area contributed by atoms with Crippen molar-refractivity contribution >= 4 is 43.4 Å². The molecule has 2 aromatic heterocycles. The molecular formula is C25H25FN4OS. The van der Waals surface area contributed by atoms with Crippen LogP contribution >= 0.6 is 11.3 Å². The molecule has 32 heavy (non-hydrogen) atoms. The number of hydrogen-bond acceptors (Lipinski definition) is 5. The molecule has 1 N–H and O–H groups in total. The number of piperidine rings is 1. The molecule has 0 radical (unpaired) electrons. The molecule has 1 aliphatic heterocycles. The van der Waals surface area contributed by atoms with Crippen LogP contribution in [0.4, 0.5) is 10.2 Å². The van der Waals surface area contributed by atoms with E-state index in [1.165, 1.54) is 29.3 Å². The zero-order chi connectivity index (χ0) is 22.1. The third-order valence-electron chi connectivity index (χ3n) is 6.25. The van der Waals surface area contributed by atoms with Crippen LogP contribution < -0.4 is 10.2 Å². The van der Waals surface area contributed by atoms with Crippen molar-refractivity contribution < 1.29 is 9.18 Å². The molecule has 0 saturated carbocycles. The monoisotopic (exact) mass is 448 g/mol. The third-order valence-corrected chi connectivity index (χ3v) is 7.39. The molecule has 0 bridgehead atoms. The first-order valence-corrected chi connectivity index (χ1v) is 11.8. The van der Waals surface area contributed by atoms with Crippen LogP contribution in [0.2, 0.25) is 0 Å². The van der Waals surface area contributed by atoms with Gasteiger partial charge in [0.1, 0.15) is 18.0 Å². The molecule has 3 heterocycles. The minimum atomic E-state index is -0.262. The summed E-state index contributed by atoms with van der Waals surface area (Å²) in [4.78, 5) is 24.0. The average Bonchev–Trinajstić information content (AvgIpc) is 3.23. The van der Waals surface area contributed by atoms with Crippen LogP contribution in [-0.2, 0) is 4.79 Å². The molecule has 7 heteroatoms. The van der Waals surface area contributed by atoms with E-state index in [0.29, 0.717) is 24.0 Å². The standard InChI is InChI=1S/C25H25FN4OS/c1-16(17-7-3-2-4-8-17)13-27-25(31)18-9-6-12-30(14-18)24-23-22(28-15-29-24)21-19(26)10-5-11-20(21)32-23/h2-5,7-8,10-11,15-16,18H,6,9,12-14H2,1H3,(H,27,31). The van der Waals surface area contributed by atoms with E-state index in [-0.39, 0.29) is 23.6 Å². The van der Waals surface area contributed by atoms with Gasteiger partial charge in [-0.2, -0.15) is 0 Å². The quantitative estimate of drug-likeness (QED) is 0.460. The third kappa shape index (κ3) is 3.93. The summed E-state index contributed by atoms with van der Waals surface area (Å²) in [6, 6.07) is 15.3. The highest BCUT2D eigenvalue weighted by Crippen LogP contribution is 2.39. The van der Waals surface area contributed by atoms with Gasteiger partial charge in [-0.05, 0) is 36.5 Å². The fraction of sp³-hybridized carbons (Fsp3) is 0.320. The highest BCUT2D eigenvalue weighted by molar-refractivity contribution is 7.26. The van der Waals surface area contributed by atoms with Crippen molar-refractivity contribution in [1.82, 2.24) is 15.3 Å². The van der Waals surface area contributed by atoms with Gasteiger partial charge >= 0.3 is 0 Å². The lowest BCUT2D eigenvalue weighted by Gasteiger charge is -2.33. The van der Waals surface area contributed by atoms with Gasteiger partial charge in [0, 0.05) is 24.3 Å². The van der Waals surface area contributed by atoms with E-state index in [2.05, 4.69) is 39.2 Å². The van der Waals surface area contributed by atoms with E-state index in [1.807, 2.05) is 24.3 Å². The van der Waals surface area contributed by atoms with Crippen LogP contribution in [0.1, 0.15) is 31.2 Å². The molecule has 1 amide bonds. The zero-order valence-electron chi connectivity index (χ0n) is 17.9. The number of aromatic nitrogens is 2. The highest BCUT2D eigenvalue weighted by Gasteiger charge is 2.28. The number of nitrogens with zero attached hydrogens (tertiary/aromatic N) is 3. The number of amides is 1. The molecule has 2 unspecified atom stereocenters. The minimum Gasteiger partial charge on any atom is -0.355 e. The van der Waals surface area contributed by atoms with Crippen LogP contribution in [0, 0.1) is 11.7 Å². The molecule has 5 nitrogen and oxygen atoms in total. The van der Waals surface area contributed by atoms with E-state index in [0.717, 1.165) is 34.6 Å². The molecule has 164 valence electrons. The number of thiophene rings is 1. The van der Waals surface area contributed by atoms with E-state index in [9.17, 15) is 9.18 Å². The number of benzene rings is 2. The van der Waals surface area contributed by atoms with Crippen molar-refractivity contribution in [3.8, 4) is 0 Å². The lowest BCUT2D eigenvalue weighted by atomic mass is 9.96. The first-order chi connectivity index (χ1) is 15.6. The van der Waals surface area contributed by atoms with Crippen molar-refractivity contribution in [2.75, 3.05) is 24.5 Å². The summed E-state index contributed by atoms with van der Waals surface area (Å²) in [5.74, 6) is 0.787. The first kappa shape index (κ1) is 20.8. The molecule has 2 aromatic carbocycles. The fourth-order valence-electron chi connectivity index (χ4n) is 4.47. The van der Waals surface area contributed by atoms with Crippen molar-refractivity contribution in [2.24, 2.45) is 5.92 Å². The van der Waals surface area contributed by atoms with Gasteiger partial charge in [0.05, 0.1) is 21.5 Å². The Hall–Kier alpha value is -3.06. The van der Waals surface area contributed by atoms with Crippen molar-refractivity contribution in [1.29, 1.82) is 0 Å². The Morgan fingerprint density at radius 1 is 1.22 bits per heavy atom. The van der Waals surface area contributed by atoms with Gasteiger partial charge in [-0.1, -0.05) is 43.3 Å². The van der Waals surface area contributed by atoms with Gasteiger partial charge in [-0.15, -0.1) is 11.3 Å². The Balaban J connectivity index is 1.33. The molecule has 5 rings (SSSR count). The molecule has 2 atom stereocenters. The maximum Gasteiger partial charge on any atom is 0.224 e. The topological polar surface area (TPSA) is 58.1 Å². The Morgan fingerprint density at radius 2 is 2.06 bits per heavy atom. The van der Waals surface area contributed by atoms with Gasteiger partial charge in [-0.25, -0.2) is 14.4 Å². The summed E-state index contributed by atoms with van der Waals surface area (Å²) in [5.41, 5.74) is 1.87. The fourth-order valence-corrected chi connectivity index (χ4v) is 5.66. The van der Waals surface area contributed by atoms with Crippen LogP contribution in [0.5, 0.6) is 0 Å². The van der Waals surface area contributed by atoms with E-state index >= 15 is 0 Å². The lowest BCUT2D eigenvalue weighted by Crippen LogP contribution is -2.44. The van der Waals surface area contributed by atoms with E-state index in [1.54, 1.807) is 6.07 Å². The predicted octanol–water partition coefficient (Wildman–Crippen LogP) is 5.12. The van der Waals surface area contributed by atoms with Gasteiger partial charge in [-0.3, -0.25) is 4.79 Å². The van der Waals surface area contributed by atoms with Gasteiger partial charge in [0.15, 0.2) is 0 Å². The molecule has 1 saturated heterocycles. The number of nitrogens with one attached hydrogen (secondary N) is 1. The maximum atomic E-state index is 14.4. The van der Waals surface area contributed by atoms with Gasteiger partial charge < -0.3 is 10.2 Å². The number of anilines is 1. The van der Waals surface area contributed by atoms with Crippen LogP contribution in [0.25, 0.3) is 20.3 Å². The zero-order valence-corrected chi connectivity index (χ0v) is 18.7. The second kappa shape index (κ2) is 8.82. The molecule has 0 spiro atoms. The molecule has 1 aliphatic rings. The Bertz CT molecular complexity index is 1260. The molecule has 4 aromatic rings. The van der Waals surface area contributed by atoms with Crippen molar-refractivity contribution in [2.45, 2.75) is 25.7 Å².